The van der Waals surface area contributed by atoms with Crippen LogP contribution in [0.4, 0.5) is 0 Å². The number of hydrogen-bond acceptors (Lipinski definition) is 4. The van der Waals surface area contributed by atoms with E-state index in [-0.39, 0.29) is 12.0 Å². The fourth-order valence-corrected chi connectivity index (χ4v) is 1.85. The summed E-state index contributed by atoms with van der Waals surface area (Å²) in [5, 5.41) is 0. The molecule has 1 saturated heterocycles. The first kappa shape index (κ1) is 11.9. The molecule has 17 heavy (non-hydrogen) atoms. The summed E-state index contributed by atoms with van der Waals surface area (Å²) in [6, 6.07) is 7.51. The van der Waals surface area contributed by atoms with Crippen molar-refractivity contribution in [3.05, 3.63) is 29.8 Å². The van der Waals surface area contributed by atoms with Gasteiger partial charge in [-0.05, 0) is 12.5 Å². The fourth-order valence-electron chi connectivity index (χ4n) is 1.85. The molecule has 1 aliphatic heterocycles. The Morgan fingerprint density at radius 1 is 1.53 bits per heavy atom. The highest BCUT2D eigenvalue weighted by Crippen LogP contribution is 2.27. The van der Waals surface area contributed by atoms with E-state index in [1.807, 2.05) is 31.2 Å². The number of para-hydroxylation sites is 1. The van der Waals surface area contributed by atoms with Gasteiger partial charge < -0.3 is 15.2 Å². The Labute approximate surface area is 101 Å². The quantitative estimate of drug-likeness (QED) is 0.808. The van der Waals surface area contributed by atoms with E-state index in [9.17, 15) is 4.79 Å². The Hall–Kier alpha value is -1.55. The first-order valence-corrected chi connectivity index (χ1v) is 5.90. The summed E-state index contributed by atoms with van der Waals surface area (Å²) >= 11 is 0. The average Bonchev–Trinajstić information content (AvgIpc) is 2.75. The Balaban J connectivity index is 2.17. The van der Waals surface area contributed by atoms with Crippen LogP contribution in [-0.2, 0) is 9.53 Å². The lowest BCUT2D eigenvalue weighted by molar-refractivity contribution is -0.143. The number of ether oxygens (including phenoxy) is 2. The van der Waals surface area contributed by atoms with Gasteiger partial charge in [-0.25, -0.2) is 4.79 Å². The summed E-state index contributed by atoms with van der Waals surface area (Å²) in [5.41, 5.74) is 6.95. The number of carbonyl (C=O) groups excluding carboxylic acids is 1. The molecule has 2 rings (SSSR count). The van der Waals surface area contributed by atoms with Crippen molar-refractivity contribution in [2.24, 2.45) is 5.73 Å². The van der Waals surface area contributed by atoms with Gasteiger partial charge in [0.1, 0.15) is 5.75 Å². The first-order valence-electron chi connectivity index (χ1n) is 5.90. The van der Waals surface area contributed by atoms with Gasteiger partial charge in [0.05, 0.1) is 6.61 Å². The maximum absolute atomic E-state index is 11.4. The molecular formula is C13H17NO3. The Morgan fingerprint density at radius 2 is 2.29 bits per heavy atom. The lowest BCUT2D eigenvalue weighted by atomic mass is 10.0. The highest BCUT2D eigenvalue weighted by molar-refractivity contribution is 5.76. The SMILES string of the molecule is CCC(N)c1ccccc1OC1CCOC1=O. The number of carbonyl (C=O) groups is 1. The zero-order valence-corrected chi connectivity index (χ0v) is 9.89. The molecule has 4 nitrogen and oxygen atoms in total. The maximum Gasteiger partial charge on any atom is 0.347 e. The molecule has 0 aliphatic carbocycles. The summed E-state index contributed by atoms with van der Waals surface area (Å²) in [6.07, 6.45) is 0.949. The van der Waals surface area contributed by atoms with Gasteiger partial charge in [0.2, 0.25) is 0 Å². The monoisotopic (exact) mass is 235 g/mol. The van der Waals surface area contributed by atoms with Crippen molar-refractivity contribution < 1.29 is 14.3 Å². The Bertz CT molecular complexity index is 405. The standard InChI is InChI=1S/C13H17NO3/c1-2-10(14)9-5-3-4-6-11(9)17-12-7-8-16-13(12)15/h3-6,10,12H,2,7-8,14H2,1H3. The van der Waals surface area contributed by atoms with E-state index < -0.39 is 6.10 Å². The number of rotatable bonds is 4. The minimum atomic E-state index is -0.486. The van der Waals surface area contributed by atoms with E-state index in [2.05, 4.69) is 0 Å². The van der Waals surface area contributed by atoms with Crippen LogP contribution in [0.2, 0.25) is 0 Å². The molecule has 2 unspecified atom stereocenters. The molecule has 2 atom stereocenters. The molecule has 1 fully saturated rings. The second kappa shape index (κ2) is 5.19. The van der Waals surface area contributed by atoms with Crippen LogP contribution in [0, 0.1) is 0 Å². The van der Waals surface area contributed by atoms with Crippen molar-refractivity contribution in [2.45, 2.75) is 31.9 Å². The van der Waals surface area contributed by atoms with Crippen molar-refractivity contribution >= 4 is 5.97 Å². The van der Waals surface area contributed by atoms with Crippen LogP contribution in [0.25, 0.3) is 0 Å². The molecule has 1 aromatic carbocycles. The van der Waals surface area contributed by atoms with Gasteiger partial charge in [-0.3, -0.25) is 0 Å². The summed E-state index contributed by atoms with van der Waals surface area (Å²) in [6.45, 7) is 2.46. The fraction of sp³-hybridized carbons (Fsp3) is 0.462. The second-order valence-electron chi connectivity index (χ2n) is 4.12. The predicted octanol–water partition coefficient (Wildman–Crippen LogP) is 1.79. The van der Waals surface area contributed by atoms with Crippen molar-refractivity contribution in [1.82, 2.24) is 0 Å². The first-order chi connectivity index (χ1) is 8.22. The molecule has 2 N–H and O–H groups in total. The van der Waals surface area contributed by atoms with Gasteiger partial charge in [-0.1, -0.05) is 25.1 Å². The molecule has 1 aliphatic rings. The summed E-state index contributed by atoms with van der Waals surface area (Å²) in [7, 11) is 0. The van der Waals surface area contributed by atoms with Crippen LogP contribution in [0.1, 0.15) is 31.4 Å². The molecule has 0 aromatic heterocycles. The van der Waals surface area contributed by atoms with Crippen molar-refractivity contribution in [1.29, 1.82) is 0 Å². The summed E-state index contributed by atoms with van der Waals surface area (Å²) in [4.78, 5) is 11.4. The molecular weight excluding hydrogens is 218 g/mol. The highest BCUT2D eigenvalue weighted by Gasteiger charge is 2.29. The third-order valence-corrected chi connectivity index (χ3v) is 2.91. The van der Waals surface area contributed by atoms with E-state index in [0.717, 1.165) is 12.0 Å². The predicted molar refractivity (Wildman–Crippen MR) is 63.7 cm³/mol. The average molecular weight is 235 g/mol. The van der Waals surface area contributed by atoms with Gasteiger partial charge >= 0.3 is 5.97 Å². The molecule has 1 aromatic rings. The lowest BCUT2D eigenvalue weighted by Crippen LogP contribution is -2.23. The summed E-state index contributed by atoms with van der Waals surface area (Å²) in [5.74, 6) is 0.399. The van der Waals surface area contributed by atoms with Gasteiger partial charge in [0, 0.05) is 18.0 Å². The Kier molecular flexibility index (Phi) is 3.64. The molecule has 1 heterocycles. The van der Waals surface area contributed by atoms with Crippen LogP contribution in [0.15, 0.2) is 24.3 Å². The normalized spacial score (nSPS) is 21.1. The molecule has 0 spiro atoms. The number of benzene rings is 1. The van der Waals surface area contributed by atoms with E-state index in [1.54, 1.807) is 0 Å². The minimum absolute atomic E-state index is 0.0661. The molecule has 0 amide bonds. The zero-order valence-electron chi connectivity index (χ0n) is 9.89. The lowest BCUT2D eigenvalue weighted by Gasteiger charge is -2.17. The molecule has 0 saturated carbocycles. The second-order valence-corrected chi connectivity index (χ2v) is 4.12. The third-order valence-electron chi connectivity index (χ3n) is 2.91. The van der Waals surface area contributed by atoms with Gasteiger partial charge in [0.15, 0.2) is 6.10 Å². The third kappa shape index (κ3) is 2.58. The van der Waals surface area contributed by atoms with Crippen molar-refractivity contribution in [3.8, 4) is 5.75 Å². The van der Waals surface area contributed by atoms with Gasteiger partial charge in [-0.15, -0.1) is 0 Å². The van der Waals surface area contributed by atoms with E-state index >= 15 is 0 Å². The van der Waals surface area contributed by atoms with Crippen LogP contribution in [-0.4, -0.2) is 18.7 Å². The van der Waals surface area contributed by atoms with Crippen LogP contribution < -0.4 is 10.5 Å². The van der Waals surface area contributed by atoms with E-state index in [1.165, 1.54) is 0 Å². The van der Waals surface area contributed by atoms with Gasteiger partial charge in [0.25, 0.3) is 0 Å². The molecule has 92 valence electrons. The Morgan fingerprint density at radius 3 is 2.94 bits per heavy atom. The molecule has 0 bridgehead atoms. The van der Waals surface area contributed by atoms with E-state index in [4.69, 9.17) is 15.2 Å². The van der Waals surface area contributed by atoms with Crippen LogP contribution >= 0.6 is 0 Å². The van der Waals surface area contributed by atoms with Gasteiger partial charge in [-0.2, -0.15) is 0 Å². The topological polar surface area (TPSA) is 61.6 Å². The molecule has 0 radical (unpaired) electrons. The molecule has 4 heteroatoms. The number of nitrogens with two attached hydrogens (primary N) is 1. The number of cyclic esters (lactones) is 1. The van der Waals surface area contributed by atoms with Crippen molar-refractivity contribution in [3.63, 3.8) is 0 Å². The van der Waals surface area contributed by atoms with E-state index in [0.29, 0.717) is 18.8 Å². The maximum atomic E-state index is 11.4. The number of esters is 1. The minimum Gasteiger partial charge on any atom is -0.478 e. The summed E-state index contributed by atoms with van der Waals surface area (Å²) < 4.78 is 10.6. The smallest absolute Gasteiger partial charge is 0.347 e. The highest BCUT2D eigenvalue weighted by atomic mass is 16.6. The number of hydrogen-bond donors (Lipinski definition) is 1. The van der Waals surface area contributed by atoms with Crippen LogP contribution in [0.3, 0.4) is 0 Å². The van der Waals surface area contributed by atoms with Crippen LogP contribution in [0.5, 0.6) is 5.75 Å². The zero-order chi connectivity index (χ0) is 12.3. The largest absolute Gasteiger partial charge is 0.478 e. The van der Waals surface area contributed by atoms with Crippen molar-refractivity contribution in [2.75, 3.05) is 6.61 Å².